The molecule has 1 aromatic heterocycles. The Bertz CT molecular complexity index is 1030. The Morgan fingerprint density at radius 1 is 1.19 bits per heavy atom. The second-order valence-electron chi connectivity index (χ2n) is 9.95. The van der Waals surface area contributed by atoms with Crippen LogP contribution >= 0.6 is 0 Å². The molecule has 0 N–H and O–H groups in total. The van der Waals surface area contributed by atoms with Crippen molar-refractivity contribution in [3.05, 3.63) is 54.2 Å². The molecule has 0 spiro atoms. The maximum absolute atomic E-state index is 13.8. The van der Waals surface area contributed by atoms with Crippen LogP contribution in [0.3, 0.4) is 0 Å². The first-order valence-corrected chi connectivity index (χ1v) is 12.9. The number of cyclic esters (lactones) is 1. The molecule has 1 amide bonds. The van der Waals surface area contributed by atoms with Crippen molar-refractivity contribution in [2.75, 3.05) is 31.1 Å². The summed E-state index contributed by atoms with van der Waals surface area (Å²) in [4.78, 5) is 35.1. The number of carbonyl (C=O) groups is 2. The van der Waals surface area contributed by atoms with Crippen LogP contribution in [-0.2, 0) is 25.5 Å². The van der Waals surface area contributed by atoms with E-state index < -0.39 is 23.8 Å². The van der Waals surface area contributed by atoms with Crippen LogP contribution in [0.15, 0.2) is 48.7 Å². The van der Waals surface area contributed by atoms with Gasteiger partial charge in [0.15, 0.2) is 6.10 Å². The van der Waals surface area contributed by atoms with Crippen molar-refractivity contribution in [3.8, 4) is 5.75 Å². The van der Waals surface area contributed by atoms with Crippen LogP contribution in [0.1, 0.15) is 46.1 Å². The summed E-state index contributed by atoms with van der Waals surface area (Å²) >= 11 is 0. The molecule has 0 aliphatic carbocycles. The van der Waals surface area contributed by atoms with Crippen LogP contribution in [0.2, 0.25) is 0 Å². The average molecular weight is 496 g/mol. The van der Waals surface area contributed by atoms with E-state index >= 15 is 0 Å². The number of anilines is 1. The van der Waals surface area contributed by atoms with Gasteiger partial charge in [-0.15, -0.1) is 0 Å². The summed E-state index contributed by atoms with van der Waals surface area (Å²) in [7, 11) is 0. The second kappa shape index (κ2) is 11.3. The quantitative estimate of drug-likeness (QED) is 0.489. The van der Waals surface area contributed by atoms with Crippen molar-refractivity contribution in [1.29, 1.82) is 0 Å². The van der Waals surface area contributed by atoms with Crippen LogP contribution in [0.25, 0.3) is 0 Å². The zero-order chi connectivity index (χ0) is 25.7. The van der Waals surface area contributed by atoms with Crippen LogP contribution in [0, 0.1) is 5.92 Å². The van der Waals surface area contributed by atoms with Gasteiger partial charge in [-0.25, -0.2) is 9.78 Å². The minimum Gasteiger partial charge on any atom is -0.494 e. The van der Waals surface area contributed by atoms with Gasteiger partial charge in [0.2, 0.25) is 11.7 Å². The first kappa shape index (κ1) is 25.9. The number of hydrogen-bond acceptors (Lipinski definition) is 7. The Morgan fingerprint density at radius 3 is 2.58 bits per heavy atom. The Kier molecular flexibility index (Phi) is 8.14. The highest BCUT2D eigenvalue weighted by atomic mass is 16.8. The zero-order valence-corrected chi connectivity index (χ0v) is 21.7. The number of nitrogens with zero attached hydrogens (tertiary/aromatic N) is 3. The normalized spacial score (nSPS) is 22.3. The third-order valence-corrected chi connectivity index (χ3v) is 6.77. The molecule has 2 fully saturated rings. The molecule has 0 radical (unpaired) electrons. The van der Waals surface area contributed by atoms with Crippen LogP contribution in [0.5, 0.6) is 5.75 Å². The highest BCUT2D eigenvalue weighted by Gasteiger charge is 2.49. The molecule has 2 saturated heterocycles. The number of aromatic nitrogens is 1. The predicted molar refractivity (Wildman–Crippen MR) is 137 cm³/mol. The number of ether oxygens (including phenoxy) is 3. The maximum atomic E-state index is 13.8. The second-order valence-corrected chi connectivity index (χ2v) is 9.95. The SMILES string of the molecule is CCOc1ccc(CCC[C@H](C(=O)N2CCN(c3ccccn3)C[C@@H]2C)[C@@H]2OC(C)(C)OC2=O)cc1. The van der Waals surface area contributed by atoms with Crippen molar-refractivity contribution < 1.29 is 23.8 Å². The van der Waals surface area contributed by atoms with Gasteiger partial charge in [0.25, 0.3) is 0 Å². The number of piperazine rings is 1. The summed E-state index contributed by atoms with van der Waals surface area (Å²) in [6, 6.07) is 13.8. The number of pyridine rings is 1. The molecule has 4 rings (SSSR count). The molecule has 0 bridgehead atoms. The standard InChI is InChI=1S/C28H37N3O5/c1-5-34-22-14-12-21(13-15-22)9-8-10-23(25-27(33)36-28(3,4)35-25)26(32)31-18-17-30(19-20(31)2)24-11-6-7-16-29-24/h6-7,11-16,20,23,25H,5,8-10,17-19H2,1-4H3/t20-,23-,25-/m0/s1. The van der Waals surface area contributed by atoms with Crippen LogP contribution < -0.4 is 9.64 Å². The molecule has 0 unspecified atom stereocenters. The minimum atomic E-state index is -1.03. The summed E-state index contributed by atoms with van der Waals surface area (Å²) in [6.45, 7) is 9.99. The molecule has 2 aliphatic rings. The minimum absolute atomic E-state index is 0.0210. The van der Waals surface area contributed by atoms with Gasteiger partial charge in [-0.2, -0.15) is 0 Å². The number of hydrogen-bond donors (Lipinski definition) is 0. The van der Waals surface area contributed by atoms with E-state index in [1.165, 1.54) is 0 Å². The van der Waals surface area contributed by atoms with Crippen molar-refractivity contribution in [1.82, 2.24) is 9.88 Å². The monoisotopic (exact) mass is 495 g/mol. The number of carbonyl (C=O) groups excluding carboxylic acids is 2. The molecular weight excluding hydrogens is 458 g/mol. The van der Waals surface area contributed by atoms with Crippen molar-refractivity contribution >= 4 is 17.7 Å². The molecule has 0 saturated carbocycles. The van der Waals surface area contributed by atoms with E-state index in [-0.39, 0.29) is 11.9 Å². The Morgan fingerprint density at radius 2 is 1.97 bits per heavy atom. The number of amides is 1. The average Bonchev–Trinajstić information content (AvgIpc) is 3.14. The lowest BCUT2D eigenvalue weighted by molar-refractivity contribution is -0.163. The van der Waals surface area contributed by atoms with Crippen molar-refractivity contribution in [2.24, 2.45) is 5.92 Å². The summed E-state index contributed by atoms with van der Waals surface area (Å²) < 4.78 is 16.9. The lowest BCUT2D eigenvalue weighted by Gasteiger charge is -2.42. The maximum Gasteiger partial charge on any atom is 0.338 e. The first-order chi connectivity index (χ1) is 17.3. The first-order valence-electron chi connectivity index (χ1n) is 12.9. The fourth-order valence-corrected chi connectivity index (χ4v) is 5.02. The Labute approximate surface area is 213 Å². The van der Waals surface area contributed by atoms with E-state index in [2.05, 4.69) is 9.88 Å². The van der Waals surface area contributed by atoms with E-state index in [0.29, 0.717) is 32.7 Å². The lowest BCUT2D eigenvalue weighted by Crippen LogP contribution is -2.57. The van der Waals surface area contributed by atoms with Gasteiger partial charge >= 0.3 is 5.97 Å². The van der Waals surface area contributed by atoms with Gasteiger partial charge in [-0.1, -0.05) is 18.2 Å². The number of benzene rings is 1. The zero-order valence-electron chi connectivity index (χ0n) is 21.7. The van der Waals surface area contributed by atoms with E-state index in [9.17, 15) is 9.59 Å². The van der Waals surface area contributed by atoms with Gasteiger partial charge in [0, 0.05) is 45.7 Å². The Hall–Kier alpha value is -3.13. The van der Waals surface area contributed by atoms with Gasteiger partial charge in [-0.3, -0.25) is 4.79 Å². The van der Waals surface area contributed by atoms with Gasteiger partial charge < -0.3 is 24.0 Å². The molecule has 194 valence electrons. The van der Waals surface area contributed by atoms with E-state index in [1.807, 2.05) is 61.2 Å². The van der Waals surface area contributed by atoms with Gasteiger partial charge in [-0.05, 0) is 62.9 Å². The van der Waals surface area contributed by atoms with Crippen LogP contribution in [0.4, 0.5) is 5.82 Å². The van der Waals surface area contributed by atoms with Gasteiger partial charge in [0.05, 0.1) is 12.5 Å². The lowest BCUT2D eigenvalue weighted by atomic mass is 9.92. The summed E-state index contributed by atoms with van der Waals surface area (Å²) in [6.07, 6.45) is 2.97. The predicted octanol–water partition coefficient (Wildman–Crippen LogP) is 3.83. The van der Waals surface area contributed by atoms with Crippen molar-refractivity contribution in [3.63, 3.8) is 0 Å². The number of aryl methyl sites for hydroxylation is 1. The molecule has 8 nitrogen and oxygen atoms in total. The van der Waals surface area contributed by atoms with Crippen LogP contribution in [-0.4, -0.2) is 65.9 Å². The molecule has 8 heteroatoms. The van der Waals surface area contributed by atoms with E-state index in [4.69, 9.17) is 14.2 Å². The molecule has 3 heterocycles. The fraction of sp³-hybridized carbons (Fsp3) is 0.536. The third kappa shape index (κ3) is 6.16. The Balaban J connectivity index is 1.43. The smallest absolute Gasteiger partial charge is 0.338 e. The molecular formula is C28H37N3O5. The highest BCUT2D eigenvalue weighted by Crippen LogP contribution is 2.32. The topological polar surface area (TPSA) is 81.2 Å². The third-order valence-electron chi connectivity index (χ3n) is 6.77. The van der Waals surface area contributed by atoms with Crippen molar-refractivity contribution in [2.45, 2.75) is 64.9 Å². The fourth-order valence-electron chi connectivity index (χ4n) is 5.02. The van der Waals surface area contributed by atoms with E-state index in [0.717, 1.165) is 30.0 Å². The summed E-state index contributed by atoms with van der Waals surface area (Å²) in [5.74, 6) is -0.372. The molecule has 1 aromatic carbocycles. The number of esters is 1. The number of rotatable bonds is 9. The summed E-state index contributed by atoms with van der Waals surface area (Å²) in [5.41, 5.74) is 1.16. The molecule has 2 aromatic rings. The molecule has 36 heavy (non-hydrogen) atoms. The highest BCUT2D eigenvalue weighted by molar-refractivity contribution is 5.88. The molecule has 2 aliphatic heterocycles. The summed E-state index contributed by atoms with van der Waals surface area (Å²) in [5, 5.41) is 0. The molecule has 3 atom stereocenters. The van der Waals surface area contributed by atoms with E-state index in [1.54, 1.807) is 20.0 Å². The van der Waals surface area contributed by atoms with Gasteiger partial charge in [0.1, 0.15) is 11.6 Å². The largest absolute Gasteiger partial charge is 0.494 e.